The normalized spacial score (nSPS) is 25.1. The molecule has 4 aromatic rings. The SMILES string of the molecule is Cc1cc(S(=O)(=O)C2CC2)ccc1Oc1ncnc(OC2CC3CC[C@@H](C2)N3C(=O)OC(C)(C)C)c1C.Cc1cc(S(=O)(=O)C2CC2)ccc1Oc1ncnc(OC2CC3CC[C@@H](C2)N3S(=O)(=O)C2CC2)c1C. The molecule has 4 aliphatic heterocycles. The number of benzene rings is 2. The van der Waals surface area contributed by atoms with Crippen molar-refractivity contribution in [2.75, 3.05) is 0 Å². The quantitative estimate of drug-likeness (QED) is 0.115. The van der Waals surface area contributed by atoms with Crippen LogP contribution in [0.2, 0.25) is 0 Å². The monoisotopic (exact) mass is 1060 g/mol. The van der Waals surface area contributed by atoms with Crippen LogP contribution in [0, 0.1) is 27.7 Å². The van der Waals surface area contributed by atoms with E-state index in [-0.39, 0.29) is 58.2 Å². The molecule has 6 heterocycles. The van der Waals surface area contributed by atoms with Crippen molar-refractivity contribution in [1.29, 1.82) is 0 Å². The first-order chi connectivity index (χ1) is 34.6. The van der Waals surface area contributed by atoms with Gasteiger partial charge in [-0.05, 0) is 160 Å². The van der Waals surface area contributed by atoms with Gasteiger partial charge in [0.05, 0.1) is 36.7 Å². The molecule has 4 unspecified atom stereocenters. The first-order valence-electron chi connectivity index (χ1n) is 25.6. The lowest BCUT2D eigenvalue weighted by atomic mass is 10.00. The minimum absolute atomic E-state index is 0.00899. The van der Waals surface area contributed by atoms with E-state index in [1.807, 2.05) is 53.4 Å². The number of hydrogen-bond acceptors (Lipinski definition) is 16. The van der Waals surface area contributed by atoms with E-state index in [1.54, 1.807) is 40.7 Å². The summed E-state index contributed by atoms with van der Waals surface area (Å²) < 4.78 is 108. The molecular formula is C52H66N6O12S3. The average molecular weight is 1060 g/mol. The molecule has 2 aromatic heterocycles. The summed E-state index contributed by atoms with van der Waals surface area (Å²) in [7, 11) is -9.73. The van der Waals surface area contributed by atoms with E-state index in [0.29, 0.717) is 92.7 Å². The number of nitrogens with zero attached hydrogens (tertiary/aromatic N) is 6. The molecule has 394 valence electrons. The molecule has 3 aliphatic carbocycles. The summed E-state index contributed by atoms with van der Waals surface area (Å²) in [4.78, 5) is 32.5. The van der Waals surface area contributed by atoms with Crippen molar-refractivity contribution in [2.45, 2.75) is 206 Å². The summed E-state index contributed by atoms with van der Waals surface area (Å²) >= 11 is 0. The van der Waals surface area contributed by atoms with Crippen molar-refractivity contribution >= 4 is 35.8 Å². The Bertz CT molecular complexity index is 3090. The Kier molecular flexibility index (Phi) is 13.8. The van der Waals surface area contributed by atoms with E-state index < -0.39 is 35.3 Å². The molecular weight excluding hydrogens is 997 g/mol. The van der Waals surface area contributed by atoms with Crippen molar-refractivity contribution in [1.82, 2.24) is 29.1 Å². The Morgan fingerprint density at radius 1 is 0.534 bits per heavy atom. The third-order valence-corrected chi connectivity index (χ3v) is 22.0. The average Bonchev–Trinajstić information content (AvgIpc) is 4.17. The Morgan fingerprint density at radius 3 is 1.30 bits per heavy atom. The van der Waals surface area contributed by atoms with Crippen LogP contribution in [0.25, 0.3) is 0 Å². The number of carbonyl (C=O) groups is 1. The second-order valence-corrected chi connectivity index (χ2v) is 28.5. The highest BCUT2D eigenvalue weighted by Crippen LogP contribution is 2.45. The fourth-order valence-corrected chi connectivity index (χ4v) is 16.5. The molecule has 0 N–H and O–H groups in total. The topological polar surface area (TPSA) is 224 Å². The van der Waals surface area contributed by atoms with Crippen LogP contribution in [-0.2, 0) is 34.4 Å². The first-order valence-corrected chi connectivity index (χ1v) is 30.2. The van der Waals surface area contributed by atoms with Gasteiger partial charge in [-0.1, -0.05) is 0 Å². The predicted octanol–water partition coefficient (Wildman–Crippen LogP) is 8.82. The largest absolute Gasteiger partial charge is 0.474 e. The van der Waals surface area contributed by atoms with Crippen molar-refractivity contribution in [2.24, 2.45) is 0 Å². The Balaban J connectivity index is 0.000000168. The van der Waals surface area contributed by atoms with Crippen LogP contribution >= 0.6 is 0 Å². The zero-order chi connectivity index (χ0) is 51.8. The summed E-state index contributed by atoms with van der Waals surface area (Å²) in [5.41, 5.74) is 2.21. The fraction of sp³-hybridized carbons (Fsp3) is 0.596. The summed E-state index contributed by atoms with van der Waals surface area (Å²) in [6.45, 7) is 13.0. The maximum atomic E-state index is 12.9. The van der Waals surface area contributed by atoms with Gasteiger partial charge in [-0.15, -0.1) is 0 Å². The fourth-order valence-electron chi connectivity index (χ4n) is 10.7. The van der Waals surface area contributed by atoms with Gasteiger partial charge in [0.2, 0.25) is 33.5 Å². The van der Waals surface area contributed by atoms with Gasteiger partial charge in [-0.3, -0.25) is 0 Å². The molecule has 4 saturated heterocycles. The second-order valence-electron chi connectivity index (χ2n) is 21.9. The van der Waals surface area contributed by atoms with Gasteiger partial charge in [0.25, 0.3) is 0 Å². The van der Waals surface area contributed by atoms with Crippen LogP contribution in [0.4, 0.5) is 4.79 Å². The highest BCUT2D eigenvalue weighted by Gasteiger charge is 2.52. The summed E-state index contributed by atoms with van der Waals surface area (Å²) in [6.07, 6.45) is 13.1. The van der Waals surface area contributed by atoms with Gasteiger partial charge in [-0.25, -0.2) is 50.0 Å². The third kappa shape index (κ3) is 10.9. The maximum Gasteiger partial charge on any atom is 0.410 e. The van der Waals surface area contributed by atoms with Gasteiger partial charge >= 0.3 is 6.09 Å². The minimum Gasteiger partial charge on any atom is -0.474 e. The summed E-state index contributed by atoms with van der Waals surface area (Å²) in [6, 6.07) is 9.99. The second kappa shape index (κ2) is 19.5. The van der Waals surface area contributed by atoms with E-state index in [9.17, 15) is 30.0 Å². The van der Waals surface area contributed by atoms with Gasteiger partial charge in [-0.2, -0.15) is 4.31 Å². The minimum atomic E-state index is -3.27. The lowest BCUT2D eigenvalue weighted by Crippen LogP contribution is -2.50. The van der Waals surface area contributed by atoms with Crippen LogP contribution in [-0.4, -0.2) is 118 Å². The van der Waals surface area contributed by atoms with Gasteiger partial charge in [0.1, 0.15) is 42.0 Å². The maximum absolute atomic E-state index is 12.9. The number of hydrogen-bond donors (Lipinski definition) is 0. The standard InChI is InChI=1S/C27H35N3O6S.C25H31N3O6S2/c1-16-12-22(37(32,33)21-8-9-21)10-11-23(16)35-25-17(2)24(28-15-29-25)34-20-13-18-6-7-19(14-20)30(18)26(31)36-27(3,4)5;1-15-11-22(35(29,30)20-5-6-20)9-10-23(15)34-25-16(2)24(26-14-27-25)33-19-12-17-3-4-18(13-19)28(17)36(31,32)21-7-8-21/h10-12,15,18-21H,6-9,13-14H2,1-5H3;9-11,14,17-21H,3-8,12-13H2,1-2H3/t18-,19?,20?;17-,18?,19?/m00/s1. The van der Waals surface area contributed by atoms with E-state index in [1.165, 1.54) is 12.7 Å². The molecule has 6 atom stereocenters. The number of fused-ring (bicyclic) bond motifs is 4. The number of sulfonamides is 1. The highest BCUT2D eigenvalue weighted by atomic mass is 32.2. The summed E-state index contributed by atoms with van der Waals surface area (Å²) in [5, 5.41) is -0.703. The van der Waals surface area contributed by atoms with Crippen LogP contribution in [0.1, 0.15) is 133 Å². The molecule has 2 aromatic carbocycles. The zero-order valence-electron chi connectivity index (χ0n) is 42.5. The van der Waals surface area contributed by atoms with Crippen LogP contribution in [0.3, 0.4) is 0 Å². The van der Waals surface area contributed by atoms with Gasteiger partial charge in [0.15, 0.2) is 19.7 Å². The molecule has 7 aliphatic rings. The molecule has 1 amide bonds. The molecule has 0 spiro atoms. The van der Waals surface area contributed by atoms with E-state index in [2.05, 4.69) is 19.9 Å². The molecule has 18 nitrogen and oxygen atoms in total. The van der Waals surface area contributed by atoms with Crippen LogP contribution in [0.15, 0.2) is 58.8 Å². The smallest absolute Gasteiger partial charge is 0.410 e. The molecule has 3 saturated carbocycles. The van der Waals surface area contributed by atoms with Crippen LogP contribution in [0.5, 0.6) is 35.0 Å². The van der Waals surface area contributed by atoms with Crippen molar-refractivity contribution < 1.29 is 53.7 Å². The van der Waals surface area contributed by atoms with E-state index >= 15 is 0 Å². The number of sulfone groups is 2. The van der Waals surface area contributed by atoms with Crippen molar-refractivity contribution in [3.8, 4) is 35.0 Å². The molecule has 4 bridgehead atoms. The van der Waals surface area contributed by atoms with Gasteiger partial charge in [0, 0.05) is 49.9 Å². The predicted molar refractivity (Wildman–Crippen MR) is 269 cm³/mol. The Labute approximate surface area is 428 Å². The lowest BCUT2D eigenvalue weighted by Gasteiger charge is -2.39. The summed E-state index contributed by atoms with van der Waals surface area (Å²) in [5.74, 6) is 2.64. The number of rotatable bonds is 14. The van der Waals surface area contributed by atoms with E-state index in [0.717, 1.165) is 64.2 Å². The van der Waals surface area contributed by atoms with Crippen molar-refractivity contribution in [3.63, 3.8) is 0 Å². The number of carbonyl (C=O) groups excluding carboxylic acids is 1. The Morgan fingerprint density at radius 2 is 0.918 bits per heavy atom. The number of piperidine rings is 2. The number of amides is 1. The van der Waals surface area contributed by atoms with E-state index in [4.69, 9.17) is 23.7 Å². The Hall–Kier alpha value is -5.12. The number of aryl methyl sites for hydroxylation is 2. The van der Waals surface area contributed by atoms with Gasteiger partial charge < -0.3 is 28.6 Å². The van der Waals surface area contributed by atoms with Crippen molar-refractivity contribution in [3.05, 3.63) is 71.3 Å². The zero-order valence-corrected chi connectivity index (χ0v) is 45.0. The third-order valence-electron chi connectivity index (χ3n) is 15.0. The number of ether oxygens (including phenoxy) is 5. The molecule has 0 radical (unpaired) electrons. The number of aromatic nitrogens is 4. The van der Waals surface area contributed by atoms with Crippen LogP contribution < -0.4 is 18.9 Å². The molecule has 21 heteroatoms. The molecule has 7 fully saturated rings. The lowest BCUT2D eigenvalue weighted by molar-refractivity contribution is -0.00775. The highest BCUT2D eigenvalue weighted by molar-refractivity contribution is 7.92. The first kappa shape index (κ1) is 51.4. The molecule has 73 heavy (non-hydrogen) atoms. The molecule has 11 rings (SSSR count).